The molecule has 2 atom stereocenters. The molecule has 1 aromatic rings. The Morgan fingerprint density at radius 1 is 1.33 bits per heavy atom. The molecule has 6 heteroatoms. The Morgan fingerprint density at radius 2 is 2.05 bits per heavy atom. The molecule has 0 amide bonds. The highest BCUT2D eigenvalue weighted by molar-refractivity contribution is 5.84. The Balaban J connectivity index is 1.60. The predicted octanol–water partition coefficient (Wildman–Crippen LogP) is 2.05. The van der Waals surface area contributed by atoms with E-state index in [4.69, 9.17) is 5.11 Å². The van der Waals surface area contributed by atoms with Gasteiger partial charge in [-0.15, -0.1) is 5.10 Å². The molecule has 0 aromatic carbocycles. The van der Waals surface area contributed by atoms with E-state index in [1.165, 1.54) is 25.7 Å². The van der Waals surface area contributed by atoms with Crippen molar-refractivity contribution in [3.05, 3.63) is 11.9 Å². The summed E-state index contributed by atoms with van der Waals surface area (Å²) in [5, 5.41) is 16.5. The zero-order valence-electron chi connectivity index (χ0n) is 12.8. The van der Waals surface area contributed by atoms with Crippen molar-refractivity contribution in [2.45, 2.75) is 51.6 Å². The maximum Gasteiger partial charge on any atom is 0.358 e. The number of hydrogen-bond donors (Lipinski definition) is 1. The third-order valence-corrected chi connectivity index (χ3v) is 5.10. The average Bonchev–Trinajstić information content (AvgIpc) is 2.87. The normalized spacial score (nSPS) is 27.8. The van der Waals surface area contributed by atoms with Crippen molar-refractivity contribution in [3.63, 3.8) is 0 Å². The van der Waals surface area contributed by atoms with E-state index in [1.807, 2.05) is 0 Å². The molecular formula is C15H24N4O2. The van der Waals surface area contributed by atoms with Gasteiger partial charge in [-0.3, -0.25) is 4.90 Å². The van der Waals surface area contributed by atoms with Crippen LogP contribution in [-0.4, -0.2) is 50.1 Å². The Labute approximate surface area is 125 Å². The maximum atomic E-state index is 10.8. The van der Waals surface area contributed by atoms with Crippen LogP contribution in [0.15, 0.2) is 6.20 Å². The summed E-state index contributed by atoms with van der Waals surface area (Å²) in [6.45, 7) is 6.60. The van der Waals surface area contributed by atoms with Crippen molar-refractivity contribution in [2.24, 2.45) is 11.8 Å². The van der Waals surface area contributed by atoms with Crippen LogP contribution in [0.1, 0.15) is 56.1 Å². The van der Waals surface area contributed by atoms with Crippen molar-refractivity contribution in [1.29, 1.82) is 0 Å². The maximum absolute atomic E-state index is 10.8. The average molecular weight is 292 g/mol. The first-order chi connectivity index (χ1) is 10.1. The van der Waals surface area contributed by atoms with Crippen LogP contribution in [0, 0.1) is 11.8 Å². The second kappa shape index (κ2) is 5.75. The summed E-state index contributed by atoms with van der Waals surface area (Å²) in [6.07, 6.45) is 6.89. The van der Waals surface area contributed by atoms with Crippen LogP contribution in [0.2, 0.25) is 0 Å². The van der Waals surface area contributed by atoms with Gasteiger partial charge in [0.2, 0.25) is 0 Å². The van der Waals surface area contributed by atoms with Crippen molar-refractivity contribution in [2.75, 3.05) is 13.1 Å². The number of aromatic nitrogens is 3. The van der Waals surface area contributed by atoms with E-state index in [0.717, 1.165) is 24.9 Å². The summed E-state index contributed by atoms with van der Waals surface area (Å²) in [7, 11) is 0. The zero-order valence-corrected chi connectivity index (χ0v) is 12.8. The summed E-state index contributed by atoms with van der Waals surface area (Å²) in [6, 6.07) is 0.970. The highest BCUT2D eigenvalue weighted by atomic mass is 16.4. The van der Waals surface area contributed by atoms with E-state index in [-0.39, 0.29) is 11.7 Å². The summed E-state index contributed by atoms with van der Waals surface area (Å²) in [5.41, 5.74) is 0.0335. The summed E-state index contributed by atoms with van der Waals surface area (Å²) in [4.78, 5) is 13.4. The predicted molar refractivity (Wildman–Crippen MR) is 78.2 cm³/mol. The van der Waals surface area contributed by atoms with Gasteiger partial charge in [0.1, 0.15) is 0 Å². The summed E-state index contributed by atoms with van der Waals surface area (Å²) in [5.74, 6) is 0.522. The van der Waals surface area contributed by atoms with Gasteiger partial charge in [0.25, 0.3) is 0 Å². The van der Waals surface area contributed by atoms with Crippen molar-refractivity contribution >= 4 is 5.97 Å². The number of likely N-dealkylation sites (tertiary alicyclic amines) is 1. The van der Waals surface area contributed by atoms with E-state index in [9.17, 15) is 4.79 Å². The van der Waals surface area contributed by atoms with Crippen molar-refractivity contribution < 1.29 is 9.90 Å². The van der Waals surface area contributed by atoms with Gasteiger partial charge in [0.05, 0.1) is 12.2 Å². The Morgan fingerprint density at radius 3 is 2.67 bits per heavy atom. The lowest BCUT2D eigenvalue weighted by molar-refractivity contribution is -0.00477. The van der Waals surface area contributed by atoms with Crippen LogP contribution in [0.3, 0.4) is 0 Å². The van der Waals surface area contributed by atoms with Gasteiger partial charge in [-0.05, 0) is 24.7 Å². The van der Waals surface area contributed by atoms with Gasteiger partial charge in [-0.2, -0.15) is 0 Å². The molecule has 0 radical (unpaired) electrons. The van der Waals surface area contributed by atoms with Gasteiger partial charge in [0.15, 0.2) is 5.69 Å². The van der Waals surface area contributed by atoms with E-state index in [1.54, 1.807) is 10.9 Å². The molecule has 6 nitrogen and oxygen atoms in total. The van der Waals surface area contributed by atoms with E-state index >= 15 is 0 Å². The van der Waals surface area contributed by atoms with Crippen LogP contribution in [0.5, 0.6) is 0 Å². The minimum atomic E-state index is -1.01. The SMILES string of the molecule is CC(C)C1CCCCC1N1CC(n2cc(C(=O)O)nn2)C1. The molecule has 0 bridgehead atoms. The summed E-state index contributed by atoms with van der Waals surface area (Å²) >= 11 is 0. The fourth-order valence-corrected chi connectivity index (χ4v) is 3.85. The smallest absolute Gasteiger partial charge is 0.358 e. The molecule has 21 heavy (non-hydrogen) atoms. The molecule has 116 valence electrons. The standard InChI is InChI=1S/C15H24N4O2/c1-10(2)12-5-3-4-6-14(12)18-7-11(8-18)19-9-13(15(20)21)16-17-19/h9-12,14H,3-8H2,1-2H3,(H,20,21). The Kier molecular flexibility index (Phi) is 3.97. The number of rotatable bonds is 4. The second-order valence-corrected chi connectivity index (χ2v) is 6.76. The van der Waals surface area contributed by atoms with Crippen LogP contribution >= 0.6 is 0 Å². The monoisotopic (exact) mass is 292 g/mol. The largest absolute Gasteiger partial charge is 0.476 e. The number of carboxylic acids is 1. The van der Waals surface area contributed by atoms with E-state index < -0.39 is 5.97 Å². The number of hydrogen-bond acceptors (Lipinski definition) is 4. The van der Waals surface area contributed by atoms with Crippen molar-refractivity contribution in [1.82, 2.24) is 19.9 Å². The molecule has 1 aliphatic carbocycles. The molecule has 2 aliphatic rings. The van der Waals surface area contributed by atoms with Crippen molar-refractivity contribution in [3.8, 4) is 0 Å². The number of carbonyl (C=O) groups is 1. The van der Waals surface area contributed by atoms with Gasteiger partial charge in [0, 0.05) is 19.1 Å². The zero-order chi connectivity index (χ0) is 15.0. The molecule has 1 saturated carbocycles. The summed E-state index contributed by atoms with van der Waals surface area (Å²) < 4.78 is 1.72. The van der Waals surface area contributed by atoms with Gasteiger partial charge < -0.3 is 5.11 Å². The third kappa shape index (κ3) is 2.81. The first kappa shape index (κ1) is 14.5. The Bertz CT molecular complexity index is 508. The topological polar surface area (TPSA) is 71.2 Å². The van der Waals surface area contributed by atoms with Gasteiger partial charge in [-0.25, -0.2) is 9.48 Å². The van der Waals surface area contributed by atoms with Gasteiger partial charge in [-0.1, -0.05) is 31.9 Å². The van der Waals surface area contributed by atoms with E-state index in [0.29, 0.717) is 6.04 Å². The minimum absolute atomic E-state index is 0.0335. The Hall–Kier alpha value is -1.43. The molecule has 1 saturated heterocycles. The van der Waals surface area contributed by atoms with Crippen LogP contribution in [0.25, 0.3) is 0 Å². The quantitative estimate of drug-likeness (QED) is 0.919. The number of nitrogens with zero attached hydrogens (tertiary/aromatic N) is 4. The van der Waals surface area contributed by atoms with E-state index in [2.05, 4.69) is 29.1 Å². The lowest BCUT2D eigenvalue weighted by Gasteiger charge is -2.49. The second-order valence-electron chi connectivity index (χ2n) is 6.76. The van der Waals surface area contributed by atoms with Gasteiger partial charge >= 0.3 is 5.97 Å². The minimum Gasteiger partial charge on any atom is -0.476 e. The molecule has 2 heterocycles. The first-order valence-corrected chi connectivity index (χ1v) is 7.95. The van der Waals surface area contributed by atoms with Crippen LogP contribution < -0.4 is 0 Å². The molecule has 0 spiro atoms. The number of carboxylic acid groups (broad SMARTS) is 1. The molecule has 1 aromatic heterocycles. The number of aromatic carboxylic acids is 1. The van der Waals surface area contributed by atoms with Crippen LogP contribution in [-0.2, 0) is 0 Å². The molecular weight excluding hydrogens is 268 g/mol. The lowest BCUT2D eigenvalue weighted by Crippen LogP contribution is -2.56. The fraction of sp³-hybridized carbons (Fsp3) is 0.800. The fourth-order valence-electron chi connectivity index (χ4n) is 3.85. The van der Waals surface area contributed by atoms with Crippen LogP contribution in [0.4, 0.5) is 0 Å². The molecule has 3 rings (SSSR count). The molecule has 2 fully saturated rings. The molecule has 1 N–H and O–H groups in total. The third-order valence-electron chi connectivity index (χ3n) is 5.10. The lowest BCUT2D eigenvalue weighted by atomic mass is 9.76. The highest BCUT2D eigenvalue weighted by Gasteiger charge is 2.39. The molecule has 2 unspecified atom stereocenters. The molecule has 1 aliphatic heterocycles. The first-order valence-electron chi connectivity index (χ1n) is 7.95. The highest BCUT2D eigenvalue weighted by Crippen LogP contribution is 2.37.